The number of hydrogen-bond donors (Lipinski definition) is 2. The number of hydrogen-bond acceptors (Lipinski definition) is 5. The highest BCUT2D eigenvalue weighted by molar-refractivity contribution is 7.89. The van der Waals surface area contributed by atoms with Gasteiger partial charge in [0, 0.05) is 26.2 Å². The van der Waals surface area contributed by atoms with Gasteiger partial charge in [0.25, 0.3) is 0 Å². The van der Waals surface area contributed by atoms with Crippen LogP contribution in [0, 0.1) is 5.92 Å². The lowest BCUT2D eigenvalue weighted by Crippen LogP contribution is -2.47. The van der Waals surface area contributed by atoms with Crippen LogP contribution in [0.5, 0.6) is 0 Å². The van der Waals surface area contributed by atoms with Crippen LogP contribution in [-0.4, -0.2) is 52.6 Å². The maximum Gasteiger partial charge on any atom is 0.243 e. The van der Waals surface area contributed by atoms with E-state index in [9.17, 15) is 13.5 Å². The van der Waals surface area contributed by atoms with E-state index in [2.05, 4.69) is 4.98 Å². The van der Waals surface area contributed by atoms with E-state index in [-0.39, 0.29) is 23.9 Å². The van der Waals surface area contributed by atoms with Gasteiger partial charge in [-0.3, -0.25) is 0 Å². The predicted octanol–water partition coefficient (Wildman–Crippen LogP) is 2.15. The number of nitrogens with zero attached hydrogens (tertiary/aromatic N) is 3. The Hall–Kier alpha value is -2.26. The molecule has 1 aromatic heterocycles. The third kappa shape index (κ3) is 5.07. The Morgan fingerprint density at radius 2 is 1.83 bits per heavy atom. The number of sulfonamides is 1. The highest BCUT2D eigenvalue weighted by Crippen LogP contribution is 2.22. The molecule has 0 aliphatic rings. The molecule has 162 valence electrons. The van der Waals surface area contributed by atoms with Gasteiger partial charge in [0.1, 0.15) is 0 Å². The first-order valence-corrected chi connectivity index (χ1v) is 11.5. The Morgan fingerprint density at radius 3 is 2.50 bits per heavy atom. The van der Waals surface area contributed by atoms with Gasteiger partial charge in [-0.05, 0) is 36.1 Å². The van der Waals surface area contributed by atoms with E-state index in [1.54, 1.807) is 24.5 Å². The minimum Gasteiger partial charge on any atom is -0.390 e. The summed E-state index contributed by atoms with van der Waals surface area (Å²) >= 11 is 0. The highest BCUT2D eigenvalue weighted by Gasteiger charge is 2.29. The average molecular weight is 431 g/mol. The average Bonchev–Trinajstić information content (AvgIpc) is 3.08. The second kappa shape index (κ2) is 9.26. The molecule has 3 rings (SSSR count). The molecule has 0 aliphatic heterocycles. The number of benzene rings is 2. The number of nitrogens with two attached hydrogens (primary N) is 1. The fraction of sp³-hybridized carbons (Fsp3) is 0.409. The number of aliphatic hydroxyl groups excluding tert-OH is 1. The van der Waals surface area contributed by atoms with E-state index in [1.165, 1.54) is 4.31 Å². The van der Waals surface area contributed by atoms with Crippen molar-refractivity contribution in [2.24, 2.45) is 18.7 Å². The summed E-state index contributed by atoms with van der Waals surface area (Å²) in [5, 5.41) is 10.7. The number of rotatable bonds is 9. The lowest BCUT2D eigenvalue weighted by molar-refractivity contribution is 0.116. The second-order valence-electron chi connectivity index (χ2n) is 8.14. The summed E-state index contributed by atoms with van der Waals surface area (Å²) in [6.45, 7) is 4.12. The van der Waals surface area contributed by atoms with Crippen LogP contribution in [0.25, 0.3) is 11.0 Å². The van der Waals surface area contributed by atoms with Crippen LogP contribution < -0.4 is 5.73 Å². The van der Waals surface area contributed by atoms with Crippen molar-refractivity contribution in [3.05, 3.63) is 60.4 Å². The minimum atomic E-state index is -3.81. The molecule has 0 bridgehead atoms. The van der Waals surface area contributed by atoms with Crippen molar-refractivity contribution >= 4 is 21.1 Å². The topological polar surface area (TPSA) is 101 Å². The summed E-state index contributed by atoms with van der Waals surface area (Å²) in [5.41, 5.74) is 8.68. The maximum absolute atomic E-state index is 13.4. The molecule has 1 heterocycles. The first kappa shape index (κ1) is 22.4. The molecule has 2 atom stereocenters. The molecule has 2 aromatic carbocycles. The molecule has 0 fully saturated rings. The second-order valence-corrected chi connectivity index (χ2v) is 10.1. The van der Waals surface area contributed by atoms with E-state index < -0.39 is 22.2 Å². The number of fused-ring (bicyclic) bond motifs is 1. The zero-order chi connectivity index (χ0) is 21.9. The van der Waals surface area contributed by atoms with Gasteiger partial charge < -0.3 is 15.4 Å². The normalized spacial score (nSPS) is 14.5. The van der Waals surface area contributed by atoms with Gasteiger partial charge in [0.15, 0.2) is 0 Å². The van der Waals surface area contributed by atoms with Crippen molar-refractivity contribution in [2.45, 2.75) is 37.3 Å². The SMILES string of the molecule is CC(C)CN(CC(O)C(N)Cc1ccccc1)S(=O)(=O)c1ccc2c(c1)ncn2C. The Balaban J connectivity index is 1.82. The summed E-state index contributed by atoms with van der Waals surface area (Å²) in [6, 6.07) is 14.0. The van der Waals surface area contributed by atoms with Crippen molar-refractivity contribution < 1.29 is 13.5 Å². The molecule has 30 heavy (non-hydrogen) atoms. The monoisotopic (exact) mass is 430 g/mol. The van der Waals surface area contributed by atoms with Crippen LogP contribution in [0.2, 0.25) is 0 Å². The molecule has 0 saturated heterocycles. The maximum atomic E-state index is 13.4. The molecule has 3 N–H and O–H groups in total. The summed E-state index contributed by atoms with van der Waals surface area (Å²) in [7, 11) is -1.95. The third-order valence-corrected chi connectivity index (χ3v) is 6.93. The van der Waals surface area contributed by atoms with Crippen molar-refractivity contribution in [3.63, 3.8) is 0 Å². The summed E-state index contributed by atoms with van der Waals surface area (Å²) < 4.78 is 29.9. The van der Waals surface area contributed by atoms with Crippen molar-refractivity contribution in [3.8, 4) is 0 Å². The third-order valence-electron chi connectivity index (χ3n) is 5.10. The van der Waals surface area contributed by atoms with Gasteiger partial charge in [-0.2, -0.15) is 4.31 Å². The molecule has 0 saturated carbocycles. The van der Waals surface area contributed by atoms with Crippen LogP contribution in [0.4, 0.5) is 0 Å². The van der Waals surface area contributed by atoms with Crippen LogP contribution in [0.3, 0.4) is 0 Å². The van der Waals surface area contributed by atoms with E-state index in [1.807, 2.05) is 55.8 Å². The van der Waals surface area contributed by atoms with Crippen LogP contribution in [0.1, 0.15) is 19.4 Å². The minimum absolute atomic E-state index is 0.0607. The molecule has 0 radical (unpaired) electrons. The van der Waals surface area contributed by atoms with Crippen molar-refractivity contribution in [2.75, 3.05) is 13.1 Å². The van der Waals surface area contributed by atoms with Gasteiger partial charge in [0.2, 0.25) is 10.0 Å². The van der Waals surface area contributed by atoms with Crippen LogP contribution >= 0.6 is 0 Å². The van der Waals surface area contributed by atoms with Crippen molar-refractivity contribution in [1.82, 2.24) is 13.9 Å². The lowest BCUT2D eigenvalue weighted by Gasteiger charge is -2.28. The van der Waals surface area contributed by atoms with Gasteiger partial charge in [-0.25, -0.2) is 13.4 Å². The Morgan fingerprint density at radius 1 is 1.13 bits per heavy atom. The molecule has 0 amide bonds. The van der Waals surface area contributed by atoms with Crippen LogP contribution in [-0.2, 0) is 23.5 Å². The fourth-order valence-corrected chi connectivity index (χ4v) is 5.11. The molecular weight excluding hydrogens is 400 g/mol. The summed E-state index contributed by atoms with van der Waals surface area (Å²) in [4.78, 5) is 4.42. The van der Waals surface area contributed by atoms with E-state index in [0.29, 0.717) is 11.9 Å². The molecule has 0 aliphatic carbocycles. The fourth-order valence-electron chi connectivity index (χ4n) is 3.47. The van der Waals surface area contributed by atoms with Crippen molar-refractivity contribution in [1.29, 1.82) is 0 Å². The molecular formula is C22H30N4O3S. The molecule has 7 nitrogen and oxygen atoms in total. The van der Waals surface area contributed by atoms with Gasteiger partial charge in [-0.1, -0.05) is 44.2 Å². The zero-order valence-electron chi connectivity index (χ0n) is 17.6. The smallest absolute Gasteiger partial charge is 0.243 e. The van der Waals surface area contributed by atoms with E-state index in [4.69, 9.17) is 5.73 Å². The molecule has 8 heteroatoms. The summed E-state index contributed by atoms with van der Waals surface area (Å²) in [6.07, 6.45) is 1.13. The number of imidazole rings is 1. The predicted molar refractivity (Wildman–Crippen MR) is 118 cm³/mol. The van der Waals surface area contributed by atoms with Gasteiger partial charge in [0.05, 0.1) is 28.4 Å². The molecule has 0 spiro atoms. The van der Waals surface area contributed by atoms with E-state index >= 15 is 0 Å². The van der Waals surface area contributed by atoms with Crippen LogP contribution in [0.15, 0.2) is 59.8 Å². The summed E-state index contributed by atoms with van der Waals surface area (Å²) in [5.74, 6) is 0.0934. The highest BCUT2D eigenvalue weighted by atomic mass is 32.2. The number of aromatic nitrogens is 2. The van der Waals surface area contributed by atoms with Gasteiger partial charge in [-0.15, -0.1) is 0 Å². The molecule has 3 aromatic rings. The molecule has 2 unspecified atom stereocenters. The Kier molecular flexibility index (Phi) is 6.92. The number of aryl methyl sites for hydroxylation is 1. The quantitative estimate of drug-likeness (QED) is 0.542. The zero-order valence-corrected chi connectivity index (χ0v) is 18.5. The standard InChI is InChI=1S/C22H30N4O3S/c1-16(2)13-26(14-22(27)19(23)11-17-7-5-4-6-8-17)30(28,29)18-9-10-21-20(12-18)24-15-25(21)3/h4-10,12,15-16,19,22,27H,11,13-14,23H2,1-3H3. The van der Waals surface area contributed by atoms with Gasteiger partial charge >= 0.3 is 0 Å². The number of aliphatic hydroxyl groups is 1. The largest absolute Gasteiger partial charge is 0.390 e. The first-order chi connectivity index (χ1) is 14.2. The Bertz CT molecular complexity index is 1080. The van der Waals surface area contributed by atoms with E-state index in [0.717, 1.165) is 11.1 Å². The lowest BCUT2D eigenvalue weighted by atomic mass is 10.0. The Labute approximate surface area is 178 Å². The first-order valence-electron chi connectivity index (χ1n) is 10.1.